The summed E-state index contributed by atoms with van der Waals surface area (Å²) >= 11 is 0. The minimum Gasteiger partial charge on any atom is -0.343 e. The first-order valence-corrected chi connectivity index (χ1v) is 4.63. The number of hydrogen-bond donors (Lipinski definition) is 1. The zero-order chi connectivity index (χ0) is 10.6. The lowest BCUT2D eigenvalue weighted by molar-refractivity contribution is -0.144. The van der Waals surface area contributed by atoms with Crippen molar-refractivity contribution in [2.45, 2.75) is 20.8 Å². The number of hydrogen-bond acceptors (Lipinski definition) is 3. The monoisotopic (exact) mass is 193 g/mol. The second-order valence-corrected chi connectivity index (χ2v) is 3.49. The van der Waals surface area contributed by atoms with Gasteiger partial charge in [-0.25, -0.2) is 10.3 Å². The number of rotatable bonds is 3. The highest BCUT2D eigenvalue weighted by atomic mass is 16.7. The molecule has 0 radical (unpaired) electrons. The standard InChI is InChI=1S/C11H15NO2/c1-8(2)11(13)14-12-10-7-5-4-6-9(10)3/h4-8,12H,1-3H3. The fourth-order valence-corrected chi connectivity index (χ4v) is 0.911. The van der Waals surface area contributed by atoms with Crippen LogP contribution >= 0.6 is 0 Å². The van der Waals surface area contributed by atoms with E-state index in [1.807, 2.05) is 31.2 Å². The highest BCUT2D eigenvalue weighted by Crippen LogP contribution is 2.13. The van der Waals surface area contributed by atoms with Gasteiger partial charge in [0.2, 0.25) is 0 Å². The molecule has 0 atom stereocenters. The van der Waals surface area contributed by atoms with Crippen LogP contribution in [0.15, 0.2) is 24.3 Å². The average molecular weight is 193 g/mol. The maximum Gasteiger partial charge on any atom is 0.334 e. The molecule has 0 unspecified atom stereocenters. The molecule has 0 aromatic heterocycles. The Kier molecular flexibility index (Phi) is 3.51. The van der Waals surface area contributed by atoms with Gasteiger partial charge in [-0.2, -0.15) is 0 Å². The van der Waals surface area contributed by atoms with Gasteiger partial charge < -0.3 is 4.84 Å². The molecule has 3 nitrogen and oxygen atoms in total. The van der Waals surface area contributed by atoms with Gasteiger partial charge >= 0.3 is 5.97 Å². The van der Waals surface area contributed by atoms with Crippen molar-refractivity contribution in [1.82, 2.24) is 0 Å². The van der Waals surface area contributed by atoms with Crippen LogP contribution < -0.4 is 5.48 Å². The molecule has 0 aliphatic carbocycles. The van der Waals surface area contributed by atoms with Gasteiger partial charge in [-0.3, -0.25) is 0 Å². The Bertz CT molecular complexity index is 321. The quantitative estimate of drug-likeness (QED) is 0.749. The average Bonchev–Trinajstić information content (AvgIpc) is 2.16. The van der Waals surface area contributed by atoms with Crippen LogP contribution in [0.5, 0.6) is 0 Å². The fourth-order valence-electron chi connectivity index (χ4n) is 0.911. The Labute approximate surface area is 84.0 Å². The lowest BCUT2D eigenvalue weighted by Crippen LogP contribution is -2.16. The normalized spacial score (nSPS) is 10.0. The molecule has 0 fully saturated rings. The van der Waals surface area contributed by atoms with Crippen LogP contribution in [-0.4, -0.2) is 5.97 Å². The minimum atomic E-state index is -0.256. The molecule has 1 aromatic carbocycles. The largest absolute Gasteiger partial charge is 0.343 e. The van der Waals surface area contributed by atoms with E-state index in [2.05, 4.69) is 5.48 Å². The summed E-state index contributed by atoms with van der Waals surface area (Å²) in [5, 5.41) is 0. The number of para-hydroxylation sites is 1. The summed E-state index contributed by atoms with van der Waals surface area (Å²) in [6, 6.07) is 7.64. The zero-order valence-corrected chi connectivity index (χ0v) is 8.70. The molecule has 1 rings (SSSR count). The van der Waals surface area contributed by atoms with E-state index < -0.39 is 0 Å². The molecule has 0 saturated heterocycles. The molecular weight excluding hydrogens is 178 g/mol. The number of benzene rings is 1. The van der Waals surface area contributed by atoms with E-state index in [1.165, 1.54) is 0 Å². The summed E-state index contributed by atoms with van der Waals surface area (Å²) in [5.74, 6) is -0.375. The third-order valence-electron chi connectivity index (χ3n) is 1.88. The van der Waals surface area contributed by atoms with Gasteiger partial charge in [0, 0.05) is 0 Å². The second kappa shape index (κ2) is 4.65. The maximum absolute atomic E-state index is 11.1. The number of nitrogens with one attached hydrogen (secondary N) is 1. The van der Waals surface area contributed by atoms with Crippen molar-refractivity contribution in [3.8, 4) is 0 Å². The van der Waals surface area contributed by atoms with E-state index in [9.17, 15) is 4.79 Å². The molecule has 0 aliphatic heterocycles. The van der Waals surface area contributed by atoms with E-state index in [0.29, 0.717) is 0 Å². The predicted molar refractivity (Wildman–Crippen MR) is 55.7 cm³/mol. The molecule has 0 aliphatic rings. The van der Waals surface area contributed by atoms with Crippen molar-refractivity contribution >= 4 is 11.7 Å². The molecule has 1 aromatic rings. The summed E-state index contributed by atoms with van der Waals surface area (Å²) in [6.07, 6.45) is 0. The van der Waals surface area contributed by atoms with Crippen molar-refractivity contribution in [2.75, 3.05) is 5.48 Å². The van der Waals surface area contributed by atoms with Crippen molar-refractivity contribution in [3.05, 3.63) is 29.8 Å². The number of carbonyl (C=O) groups is 1. The Morgan fingerprint density at radius 2 is 2.00 bits per heavy atom. The summed E-state index contributed by atoms with van der Waals surface area (Å²) in [6.45, 7) is 5.54. The smallest absolute Gasteiger partial charge is 0.334 e. The highest BCUT2D eigenvalue weighted by Gasteiger charge is 2.08. The van der Waals surface area contributed by atoms with Crippen LogP contribution in [-0.2, 0) is 9.63 Å². The van der Waals surface area contributed by atoms with Crippen LogP contribution in [0.3, 0.4) is 0 Å². The molecular formula is C11H15NO2. The highest BCUT2D eigenvalue weighted by molar-refractivity contribution is 5.72. The van der Waals surface area contributed by atoms with Crippen LogP contribution in [0.4, 0.5) is 5.69 Å². The SMILES string of the molecule is Cc1ccccc1NOC(=O)C(C)C. The van der Waals surface area contributed by atoms with Gasteiger partial charge in [0.1, 0.15) is 0 Å². The van der Waals surface area contributed by atoms with Gasteiger partial charge in [-0.1, -0.05) is 32.0 Å². The van der Waals surface area contributed by atoms with E-state index in [1.54, 1.807) is 13.8 Å². The third-order valence-corrected chi connectivity index (χ3v) is 1.88. The van der Waals surface area contributed by atoms with Crippen molar-refractivity contribution < 1.29 is 9.63 Å². The maximum atomic E-state index is 11.1. The van der Waals surface area contributed by atoms with Gasteiger partial charge in [0.15, 0.2) is 0 Å². The van der Waals surface area contributed by atoms with Crippen LogP contribution in [0.25, 0.3) is 0 Å². The molecule has 0 saturated carbocycles. The fraction of sp³-hybridized carbons (Fsp3) is 0.364. The topological polar surface area (TPSA) is 38.3 Å². The molecule has 0 heterocycles. The third kappa shape index (κ3) is 2.76. The van der Waals surface area contributed by atoms with Crippen molar-refractivity contribution in [1.29, 1.82) is 0 Å². The predicted octanol–water partition coefficient (Wildman–Crippen LogP) is 2.52. The van der Waals surface area contributed by atoms with Gasteiger partial charge in [-0.05, 0) is 18.6 Å². The summed E-state index contributed by atoms with van der Waals surface area (Å²) in [4.78, 5) is 16.0. The van der Waals surface area contributed by atoms with E-state index in [0.717, 1.165) is 11.3 Å². The Morgan fingerprint density at radius 3 is 2.57 bits per heavy atom. The van der Waals surface area contributed by atoms with Crippen LogP contribution in [0, 0.1) is 12.8 Å². The number of aryl methyl sites for hydroxylation is 1. The lowest BCUT2D eigenvalue weighted by Gasteiger charge is -2.10. The van der Waals surface area contributed by atoms with Gasteiger partial charge in [-0.15, -0.1) is 0 Å². The first-order valence-electron chi connectivity index (χ1n) is 4.63. The Hall–Kier alpha value is -1.51. The van der Waals surface area contributed by atoms with E-state index in [-0.39, 0.29) is 11.9 Å². The molecule has 3 heteroatoms. The van der Waals surface area contributed by atoms with Crippen molar-refractivity contribution in [3.63, 3.8) is 0 Å². The summed E-state index contributed by atoms with van der Waals surface area (Å²) in [5.41, 5.74) is 4.51. The van der Waals surface area contributed by atoms with E-state index in [4.69, 9.17) is 4.84 Å². The minimum absolute atomic E-state index is 0.119. The first-order chi connectivity index (χ1) is 6.61. The Morgan fingerprint density at radius 1 is 1.36 bits per heavy atom. The van der Waals surface area contributed by atoms with Gasteiger partial charge in [0.25, 0.3) is 0 Å². The molecule has 0 amide bonds. The number of anilines is 1. The van der Waals surface area contributed by atoms with E-state index >= 15 is 0 Å². The molecule has 0 bridgehead atoms. The van der Waals surface area contributed by atoms with Crippen LogP contribution in [0.1, 0.15) is 19.4 Å². The lowest BCUT2D eigenvalue weighted by atomic mass is 10.2. The van der Waals surface area contributed by atoms with Crippen molar-refractivity contribution in [2.24, 2.45) is 5.92 Å². The molecule has 0 spiro atoms. The Balaban J connectivity index is 2.54. The second-order valence-electron chi connectivity index (χ2n) is 3.49. The first kappa shape index (κ1) is 10.6. The summed E-state index contributed by atoms with van der Waals surface area (Å²) < 4.78 is 0. The summed E-state index contributed by atoms with van der Waals surface area (Å²) in [7, 11) is 0. The number of carbonyl (C=O) groups excluding carboxylic acids is 1. The molecule has 76 valence electrons. The van der Waals surface area contributed by atoms with Gasteiger partial charge in [0.05, 0.1) is 11.6 Å². The molecule has 14 heavy (non-hydrogen) atoms. The molecule has 1 N–H and O–H groups in total. The van der Waals surface area contributed by atoms with Crippen LogP contribution in [0.2, 0.25) is 0 Å². The zero-order valence-electron chi connectivity index (χ0n) is 8.70.